The van der Waals surface area contributed by atoms with E-state index in [-0.39, 0.29) is 25.9 Å². The smallest absolute Gasteiger partial charge is 0.481 e. The Balaban J connectivity index is 1.34. The van der Waals surface area contributed by atoms with Gasteiger partial charge < -0.3 is 28.8 Å². The third kappa shape index (κ3) is 8.30. The Morgan fingerprint density at radius 2 is 2.11 bits per heavy atom. The van der Waals surface area contributed by atoms with Gasteiger partial charge in [-0.25, -0.2) is 9.69 Å². The summed E-state index contributed by atoms with van der Waals surface area (Å²) in [6.07, 6.45) is 1.14. The van der Waals surface area contributed by atoms with Gasteiger partial charge >= 0.3 is 12.1 Å². The van der Waals surface area contributed by atoms with Gasteiger partial charge in [-0.05, 0) is 35.6 Å². The van der Waals surface area contributed by atoms with E-state index in [4.69, 9.17) is 23.7 Å². The van der Waals surface area contributed by atoms with E-state index >= 15 is 0 Å². The summed E-state index contributed by atoms with van der Waals surface area (Å²) < 4.78 is 27.4. The van der Waals surface area contributed by atoms with Crippen LogP contribution in [0.15, 0.2) is 35.7 Å². The number of ether oxygens (including phenoxy) is 5. The lowest BCUT2D eigenvalue weighted by molar-refractivity contribution is -0.196. The van der Waals surface area contributed by atoms with Gasteiger partial charge in [0.05, 0.1) is 13.0 Å². The molecule has 1 aromatic carbocycles. The van der Waals surface area contributed by atoms with E-state index in [1.165, 1.54) is 0 Å². The molecule has 1 aromatic heterocycles. The van der Waals surface area contributed by atoms with E-state index in [1.807, 2.05) is 34.5 Å². The highest BCUT2D eigenvalue weighted by atomic mass is 32.1. The van der Waals surface area contributed by atoms with Gasteiger partial charge in [0.25, 0.3) is 6.41 Å². The number of carboxylic acid groups (broad SMARTS) is 1. The lowest BCUT2D eigenvalue weighted by atomic mass is 10.0. The van der Waals surface area contributed by atoms with Crippen LogP contribution in [0.5, 0.6) is 11.5 Å². The van der Waals surface area contributed by atoms with Crippen molar-refractivity contribution in [3.8, 4) is 11.5 Å². The molecule has 2 aliphatic heterocycles. The van der Waals surface area contributed by atoms with Crippen molar-refractivity contribution in [3.05, 3.63) is 46.2 Å². The number of nitrogens with zero attached hydrogens (tertiary/aromatic N) is 1. The van der Waals surface area contributed by atoms with E-state index < -0.39 is 24.6 Å². The second-order valence-corrected chi connectivity index (χ2v) is 10.1. The van der Waals surface area contributed by atoms with E-state index in [0.717, 1.165) is 29.7 Å². The Kier molecular flexibility index (Phi) is 10.6. The number of carbonyl (C=O) groups excluding carboxylic acids is 1. The molecule has 0 spiro atoms. The highest BCUT2D eigenvalue weighted by Crippen LogP contribution is 2.34. The molecular weight excluding hydrogens is 514 g/mol. The number of rotatable bonds is 15. The van der Waals surface area contributed by atoms with Crippen molar-refractivity contribution in [2.75, 3.05) is 33.2 Å². The quantitative estimate of drug-likeness (QED) is 0.222. The topological polar surface area (TPSA) is 128 Å². The van der Waals surface area contributed by atoms with Gasteiger partial charge in [-0.15, -0.1) is 11.3 Å². The maximum atomic E-state index is 12.0. The highest BCUT2D eigenvalue weighted by Gasteiger charge is 2.29. The molecule has 3 atom stereocenters. The number of cyclic esters (lactones) is 2. The molecule has 4 rings (SSSR count). The van der Waals surface area contributed by atoms with Crippen LogP contribution in [-0.4, -0.2) is 67.8 Å². The molecule has 0 bridgehead atoms. The van der Waals surface area contributed by atoms with Gasteiger partial charge in [-0.1, -0.05) is 31.9 Å². The molecular formula is C26H35N3O8S. The largest absolute Gasteiger partial charge is 0.511 e. The first-order valence-corrected chi connectivity index (χ1v) is 13.7. The van der Waals surface area contributed by atoms with Gasteiger partial charge in [0.1, 0.15) is 6.61 Å². The molecule has 3 N–H and O–H groups in total. The number of benzene rings is 1. The van der Waals surface area contributed by atoms with Crippen LogP contribution >= 0.6 is 11.3 Å². The monoisotopic (exact) mass is 549 g/mol. The van der Waals surface area contributed by atoms with Gasteiger partial charge in [0.15, 0.2) is 11.5 Å². The molecule has 38 heavy (non-hydrogen) atoms. The first-order chi connectivity index (χ1) is 18.5. The number of hydrogen-bond donors (Lipinski definition) is 3. The zero-order valence-electron chi connectivity index (χ0n) is 21.4. The van der Waals surface area contributed by atoms with Crippen molar-refractivity contribution in [1.29, 1.82) is 0 Å². The number of fused-ring (bicyclic) bond motifs is 1. The molecule has 12 heteroatoms. The van der Waals surface area contributed by atoms with Crippen molar-refractivity contribution < 1.29 is 38.4 Å². The third-order valence-corrected chi connectivity index (χ3v) is 7.16. The van der Waals surface area contributed by atoms with Crippen LogP contribution in [0.25, 0.3) is 0 Å². The zero-order valence-corrected chi connectivity index (χ0v) is 22.2. The molecule has 11 nitrogen and oxygen atoms in total. The van der Waals surface area contributed by atoms with Crippen LogP contribution in [0.2, 0.25) is 0 Å². The molecule has 0 amide bonds. The van der Waals surface area contributed by atoms with Crippen LogP contribution in [0.1, 0.15) is 49.1 Å². The summed E-state index contributed by atoms with van der Waals surface area (Å²) in [5, 5.41) is 18.2. The second-order valence-electron chi connectivity index (χ2n) is 9.09. The van der Waals surface area contributed by atoms with Crippen LogP contribution in [-0.2, 0) is 25.5 Å². The second kappa shape index (κ2) is 14.3. The molecule has 0 saturated carbocycles. The first-order valence-electron chi connectivity index (χ1n) is 12.8. The minimum atomic E-state index is -0.908. The number of aliphatic carboxylic acids is 1. The average molecular weight is 550 g/mol. The Hall–Kier alpha value is -2.90. The molecule has 1 unspecified atom stereocenters. The predicted molar refractivity (Wildman–Crippen MR) is 139 cm³/mol. The van der Waals surface area contributed by atoms with Crippen molar-refractivity contribution in [2.45, 2.75) is 57.6 Å². The van der Waals surface area contributed by atoms with Gasteiger partial charge in [-0.3, -0.25) is 15.4 Å². The van der Waals surface area contributed by atoms with E-state index in [9.17, 15) is 14.7 Å². The lowest BCUT2D eigenvalue weighted by Crippen LogP contribution is -2.45. The SMILES string of the molecule is CCCC[C@@H](COC1OC(=O)OCCN1Cc1cccs1)NCN[C@@H](CC(=O)O)c1ccc2c(c1)OCO2. The third-order valence-electron chi connectivity index (χ3n) is 6.30. The van der Waals surface area contributed by atoms with Crippen LogP contribution in [0, 0.1) is 0 Å². The zero-order chi connectivity index (χ0) is 26.7. The van der Waals surface area contributed by atoms with Crippen LogP contribution in [0.3, 0.4) is 0 Å². The number of carboxylic acids is 1. The fraction of sp³-hybridized carbons (Fsp3) is 0.538. The normalized spacial score (nSPS) is 18.9. The first kappa shape index (κ1) is 28.1. The Morgan fingerprint density at radius 1 is 1.24 bits per heavy atom. The minimum absolute atomic E-state index is 0.0452. The van der Waals surface area contributed by atoms with Gasteiger partial charge in [-0.2, -0.15) is 0 Å². The summed E-state index contributed by atoms with van der Waals surface area (Å²) in [6, 6.07) is 8.98. The lowest BCUT2D eigenvalue weighted by Gasteiger charge is -2.29. The highest BCUT2D eigenvalue weighted by molar-refractivity contribution is 7.09. The summed E-state index contributed by atoms with van der Waals surface area (Å²) in [5.41, 5.74) is 0.800. The summed E-state index contributed by atoms with van der Waals surface area (Å²) >= 11 is 1.63. The van der Waals surface area contributed by atoms with E-state index in [0.29, 0.717) is 37.9 Å². The van der Waals surface area contributed by atoms with Crippen molar-refractivity contribution in [3.63, 3.8) is 0 Å². The average Bonchev–Trinajstić information content (AvgIpc) is 3.55. The number of hydrogen-bond acceptors (Lipinski definition) is 11. The molecule has 1 fully saturated rings. The minimum Gasteiger partial charge on any atom is -0.481 e. The number of carbonyl (C=O) groups is 2. The number of nitrogens with one attached hydrogen (secondary N) is 2. The van der Waals surface area contributed by atoms with Gasteiger partial charge in [0.2, 0.25) is 6.79 Å². The Morgan fingerprint density at radius 3 is 2.89 bits per heavy atom. The molecule has 0 radical (unpaired) electrons. The van der Waals surface area contributed by atoms with Crippen LogP contribution < -0.4 is 20.1 Å². The van der Waals surface area contributed by atoms with Crippen molar-refractivity contribution >= 4 is 23.5 Å². The summed E-state index contributed by atoms with van der Waals surface area (Å²) in [6.45, 7) is 4.24. The van der Waals surface area contributed by atoms with Gasteiger partial charge in [0, 0.05) is 36.7 Å². The Bertz CT molecular complexity index is 1040. The molecule has 1 saturated heterocycles. The maximum absolute atomic E-state index is 12.0. The maximum Gasteiger partial charge on any atom is 0.511 e. The number of unbranched alkanes of at least 4 members (excludes halogenated alkanes) is 1. The van der Waals surface area contributed by atoms with Crippen LogP contribution in [0.4, 0.5) is 4.79 Å². The van der Waals surface area contributed by atoms with Crippen molar-refractivity contribution in [1.82, 2.24) is 15.5 Å². The predicted octanol–water partition coefficient (Wildman–Crippen LogP) is 3.66. The molecule has 2 aromatic rings. The molecule has 0 aliphatic carbocycles. The molecule has 3 heterocycles. The fourth-order valence-corrected chi connectivity index (χ4v) is 5.00. The summed E-state index contributed by atoms with van der Waals surface area (Å²) in [4.78, 5) is 26.6. The summed E-state index contributed by atoms with van der Waals surface area (Å²) in [7, 11) is 0. The summed E-state index contributed by atoms with van der Waals surface area (Å²) in [5.74, 6) is 0.348. The molecule has 2 aliphatic rings. The Labute approximate surface area is 226 Å². The number of thiophene rings is 1. The van der Waals surface area contributed by atoms with Crippen molar-refractivity contribution in [2.24, 2.45) is 0 Å². The van der Waals surface area contributed by atoms with E-state index in [1.54, 1.807) is 17.4 Å². The fourth-order valence-electron chi connectivity index (χ4n) is 4.27. The standard InChI is InChI=1S/C26H35N3O8S/c1-2-3-5-19(15-34-25-29(9-10-33-26(32)37-25)14-20-6-4-11-38-20)27-16-28-21(13-24(30)31)18-7-8-22-23(12-18)36-17-35-22/h4,6-8,11-12,19,21,25,27-28H,2-3,5,9-10,13-17H2,1H3,(H,30,31)/t19-,21-,25?/m0/s1. The molecule has 208 valence electrons. The van der Waals surface area contributed by atoms with E-state index in [2.05, 4.69) is 17.6 Å².